The van der Waals surface area contributed by atoms with Crippen LogP contribution in [0, 0.1) is 0 Å². The third-order valence-electron chi connectivity index (χ3n) is 2.36. The highest BCUT2D eigenvalue weighted by Crippen LogP contribution is 2.42. The Morgan fingerprint density at radius 1 is 1.67 bits per heavy atom. The van der Waals surface area contributed by atoms with Crippen molar-refractivity contribution in [3.63, 3.8) is 0 Å². The summed E-state index contributed by atoms with van der Waals surface area (Å²) in [5.41, 5.74) is 0.477. The molecule has 0 aliphatic heterocycles. The molecule has 0 atom stereocenters. The normalized spacial score (nSPS) is 21.0. The minimum Gasteiger partial charge on any atom is -0.465 e. The van der Waals surface area contributed by atoms with E-state index < -0.39 is 5.60 Å². The van der Waals surface area contributed by atoms with E-state index in [9.17, 15) is 5.11 Å². The van der Waals surface area contributed by atoms with Crippen molar-refractivity contribution in [2.24, 2.45) is 0 Å². The van der Waals surface area contributed by atoms with E-state index in [-0.39, 0.29) is 0 Å². The van der Waals surface area contributed by atoms with Crippen LogP contribution in [0.25, 0.3) is 6.08 Å². The molecule has 1 heterocycles. The van der Waals surface area contributed by atoms with Gasteiger partial charge in [0, 0.05) is 0 Å². The predicted molar refractivity (Wildman–Crippen MR) is 46.5 cm³/mol. The topological polar surface area (TPSA) is 33.4 Å². The van der Waals surface area contributed by atoms with E-state index in [1.165, 1.54) is 0 Å². The molecule has 0 spiro atoms. The zero-order valence-electron chi connectivity index (χ0n) is 7.08. The molecule has 1 aliphatic rings. The molecule has 1 N–H and O–H groups in total. The SMILES string of the molecule is C/C(=C\c1ccco1)C1(O)CC1. The summed E-state index contributed by atoms with van der Waals surface area (Å²) in [6.07, 6.45) is 5.30. The fourth-order valence-electron chi connectivity index (χ4n) is 1.23. The van der Waals surface area contributed by atoms with E-state index in [4.69, 9.17) is 4.42 Å². The molecule has 64 valence electrons. The number of rotatable bonds is 2. The first-order valence-corrected chi connectivity index (χ1v) is 4.15. The average molecular weight is 164 g/mol. The Morgan fingerprint density at radius 2 is 2.42 bits per heavy atom. The zero-order valence-corrected chi connectivity index (χ0v) is 7.08. The zero-order chi connectivity index (χ0) is 8.60. The molecule has 0 bridgehead atoms. The van der Waals surface area contributed by atoms with Crippen LogP contribution >= 0.6 is 0 Å². The molecule has 0 amide bonds. The first-order valence-electron chi connectivity index (χ1n) is 4.15. The monoisotopic (exact) mass is 164 g/mol. The van der Waals surface area contributed by atoms with Gasteiger partial charge in [-0.15, -0.1) is 0 Å². The van der Waals surface area contributed by atoms with Gasteiger partial charge in [0.1, 0.15) is 5.76 Å². The number of furan rings is 1. The molecule has 1 aromatic rings. The van der Waals surface area contributed by atoms with Crippen molar-refractivity contribution >= 4 is 6.08 Å². The van der Waals surface area contributed by atoms with Crippen LogP contribution in [0.2, 0.25) is 0 Å². The van der Waals surface area contributed by atoms with Gasteiger partial charge in [-0.1, -0.05) is 0 Å². The van der Waals surface area contributed by atoms with E-state index in [1.54, 1.807) is 6.26 Å². The van der Waals surface area contributed by atoms with Gasteiger partial charge in [-0.2, -0.15) is 0 Å². The molecule has 1 saturated carbocycles. The minimum atomic E-state index is -0.521. The van der Waals surface area contributed by atoms with Crippen molar-refractivity contribution in [2.75, 3.05) is 0 Å². The standard InChI is InChI=1S/C10H12O2/c1-8(10(11)4-5-10)7-9-3-2-6-12-9/h2-3,6-7,11H,4-5H2,1H3/b8-7+. The van der Waals surface area contributed by atoms with Gasteiger partial charge in [0.15, 0.2) is 0 Å². The van der Waals surface area contributed by atoms with Crippen molar-refractivity contribution < 1.29 is 9.52 Å². The smallest absolute Gasteiger partial charge is 0.126 e. The lowest BCUT2D eigenvalue weighted by Crippen LogP contribution is -2.07. The Bertz CT molecular complexity index is 292. The van der Waals surface area contributed by atoms with Crippen molar-refractivity contribution in [3.8, 4) is 0 Å². The molecule has 1 aromatic heterocycles. The van der Waals surface area contributed by atoms with Gasteiger partial charge >= 0.3 is 0 Å². The maximum Gasteiger partial charge on any atom is 0.126 e. The third kappa shape index (κ3) is 1.30. The second kappa shape index (κ2) is 2.49. The van der Waals surface area contributed by atoms with E-state index in [0.717, 1.165) is 24.2 Å². The Morgan fingerprint density at radius 3 is 2.92 bits per heavy atom. The van der Waals surface area contributed by atoms with Crippen molar-refractivity contribution in [2.45, 2.75) is 25.4 Å². The van der Waals surface area contributed by atoms with Gasteiger partial charge in [0.2, 0.25) is 0 Å². The molecule has 2 heteroatoms. The molecule has 2 rings (SSSR count). The number of hydrogen-bond acceptors (Lipinski definition) is 2. The van der Waals surface area contributed by atoms with Crippen LogP contribution in [0.4, 0.5) is 0 Å². The average Bonchev–Trinajstić information content (AvgIpc) is 2.63. The predicted octanol–water partition coefficient (Wildman–Crippen LogP) is 2.21. The van der Waals surface area contributed by atoms with E-state index in [1.807, 2.05) is 25.1 Å². The van der Waals surface area contributed by atoms with E-state index in [2.05, 4.69) is 0 Å². The third-order valence-corrected chi connectivity index (χ3v) is 2.36. The van der Waals surface area contributed by atoms with Crippen LogP contribution in [0.3, 0.4) is 0 Å². The van der Waals surface area contributed by atoms with Crippen LogP contribution in [0.15, 0.2) is 28.4 Å². The number of hydrogen-bond donors (Lipinski definition) is 1. The van der Waals surface area contributed by atoms with Gasteiger partial charge in [0.25, 0.3) is 0 Å². The molecule has 12 heavy (non-hydrogen) atoms. The van der Waals surface area contributed by atoms with Gasteiger partial charge < -0.3 is 9.52 Å². The molecule has 0 aromatic carbocycles. The Hall–Kier alpha value is -1.02. The Kier molecular flexibility index (Phi) is 1.58. The fraction of sp³-hybridized carbons (Fsp3) is 0.400. The Labute approximate surface area is 71.5 Å². The van der Waals surface area contributed by atoms with Crippen LogP contribution in [-0.2, 0) is 0 Å². The largest absolute Gasteiger partial charge is 0.465 e. The van der Waals surface area contributed by atoms with Crippen molar-refractivity contribution in [3.05, 3.63) is 29.7 Å². The molecular weight excluding hydrogens is 152 g/mol. The lowest BCUT2D eigenvalue weighted by atomic mass is 10.1. The summed E-state index contributed by atoms with van der Waals surface area (Å²) in [5, 5.41) is 9.69. The van der Waals surface area contributed by atoms with Crippen molar-refractivity contribution in [1.82, 2.24) is 0 Å². The summed E-state index contributed by atoms with van der Waals surface area (Å²) in [6, 6.07) is 3.73. The Balaban J connectivity index is 2.18. The molecule has 1 fully saturated rings. The summed E-state index contributed by atoms with van der Waals surface area (Å²) >= 11 is 0. The maximum atomic E-state index is 9.69. The van der Waals surface area contributed by atoms with E-state index >= 15 is 0 Å². The molecule has 0 unspecified atom stereocenters. The molecule has 0 radical (unpaired) electrons. The summed E-state index contributed by atoms with van der Waals surface area (Å²) < 4.78 is 5.14. The molecule has 1 aliphatic carbocycles. The van der Waals surface area contributed by atoms with Crippen LogP contribution in [0.1, 0.15) is 25.5 Å². The van der Waals surface area contributed by atoms with Crippen LogP contribution in [-0.4, -0.2) is 10.7 Å². The lowest BCUT2D eigenvalue weighted by molar-refractivity contribution is 0.190. The van der Waals surface area contributed by atoms with Crippen molar-refractivity contribution in [1.29, 1.82) is 0 Å². The highest BCUT2D eigenvalue weighted by atomic mass is 16.3. The second-order valence-corrected chi connectivity index (χ2v) is 3.37. The molecule has 2 nitrogen and oxygen atoms in total. The summed E-state index contributed by atoms with van der Waals surface area (Å²) in [7, 11) is 0. The summed E-state index contributed by atoms with van der Waals surface area (Å²) in [5.74, 6) is 0.813. The van der Waals surface area contributed by atoms with E-state index in [0.29, 0.717) is 0 Å². The minimum absolute atomic E-state index is 0.521. The quantitative estimate of drug-likeness (QED) is 0.727. The van der Waals surface area contributed by atoms with Gasteiger partial charge in [-0.05, 0) is 43.5 Å². The van der Waals surface area contributed by atoms with Gasteiger partial charge in [0.05, 0.1) is 11.9 Å². The molecule has 0 saturated heterocycles. The highest BCUT2D eigenvalue weighted by molar-refractivity contribution is 5.51. The second-order valence-electron chi connectivity index (χ2n) is 3.37. The summed E-state index contributed by atoms with van der Waals surface area (Å²) in [4.78, 5) is 0. The lowest BCUT2D eigenvalue weighted by Gasteiger charge is -2.05. The first kappa shape index (κ1) is 7.62. The number of aliphatic hydroxyl groups is 1. The van der Waals surface area contributed by atoms with Crippen LogP contribution < -0.4 is 0 Å². The summed E-state index contributed by atoms with van der Waals surface area (Å²) in [6.45, 7) is 1.94. The van der Waals surface area contributed by atoms with Gasteiger partial charge in [-0.3, -0.25) is 0 Å². The van der Waals surface area contributed by atoms with Crippen LogP contribution in [0.5, 0.6) is 0 Å². The fourth-order valence-corrected chi connectivity index (χ4v) is 1.23. The van der Waals surface area contributed by atoms with Gasteiger partial charge in [-0.25, -0.2) is 0 Å². The highest BCUT2D eigenvalue weighted by Gasteiger charge is 2.41. The molecular formula is C10H12O2. The maximum absolute atomic E-state index is 9.69. The first-order chi connectivity index (χ1) is 5.71.